The number of aromatic nitrogens is 1. The van der Waals surface area contributed by atoms with Gasteiger partial charge in [0, 0.05) is 18.0 Å². The van der Waals surface area contributed by atoms with E-state index in [0.717, 1.165) is 0 Å². The van der Waals surface area contributed by atoms with Crippen molar-refractivity contribution in [2.24, 2.45) is 0 Å². The lowest BCUT2D eigenvalue weighted by molar-refractivity contribution is -0.122. The minimum atomic E-state index is -0.549. The average molecular weight is 435 g/mol. The molecule has 0 aliphatic heterocycles. The number of rotatable bonds is 10. The zero-order valence-corrected chi connectivity index (χ0v) is 18.3. The zero-order chi connectivity index (χ0) is 22.1. The van der Waals surface area contributed by atoms with Crippen molar-refractivity contribution < 1.29 is 19.1 Å². The van der Waals surface area contributed by atoms with Gasteiger partial charge >= 0.3 is 0 Å². The van der Waals surface area contributed by atoms with Crippen molar-refractivity contribution in [3.63, 3.8) is 0 Å². The van der Waals surface area contributed by atoms with E-state index >= 15 is 0 Å². The minimum absolute atomic E-state index is 0.0276. The number of hydrogen-bond acceptors (Lipinski definition) is 6. The van der Waals surface area contributed by atoms with Crippen LogP contribution in [0.15, 0.2) is 36.5 Å². The quantitative estimate of drug-likeness (QED) is 0.595. The van der Waals surface area contributed by atoms with Crippen molar-refractivity contribution in [3.8, 4) is 11.5 Å². The Morgan fingerprint density at radius 2 is 1.80 bits per heavy atom. The largest absolute Gasteiger partial charge is 0.490 e. The van der Waals surface area contributed by atoms with Crippen molar-refractivity contribution in [3.05, 3.63) is 41.6 Å². The van der Waals surface area contributed by atoms with E-state index in [0.29, 0.717) is 41.2 Å². The summed E-state index contributed by atoms with van der Waals surface area (Å²) < 4.78 is 11.1. The second kappa shape index (κ2) is 11.4. The van der Waals surface area contributed by atoms with Gasteiger partial charge in [0.1, 0.15) is 5.82 Å². The van der Waals surface area contributed by atoms with E-state index in [9.17, 15) is 9.59 Å². The first-order chi connectivity index (χ1) is 14.3. The van der Waals surface area contributed by atoms with Crippen molar-refractivity contribution in [2.75, 3.05) is 37.4 Å². The number of carbonyl (C=O) groups excluding carboxylic acids is 2. The van der Waals surface area contributed by atoms with E-state index in [-0.39, 0.29) is 18.4 Å². The van der Waals surface area contributed by atoms with Crippen LogP contribution in [0, 0.1) is 0 Å². The first kappa shape index (κ1) is 23.4. The summed E-state index contributed by atoms with van der Waals surface area (Å²) in [6.45, 7) is 6.50. The van der Waals surface area contributed by atoms with Gasteiger partial charge in [-0.25, -0.2) is 4.98 Å². The number of amides is 2. The van der Waals surface area contributed by atoms with Crippen LogP contribution >= 0.6 is 11.6 Å². The molecule has 2 N–H and O–H groups in total. The number of ether oxygens (including phenoxy) is 2. The first-order valence-corrected chi connectivity index (χ1v) is 10.0. The van der Waals surface area contributed by atoms with Gasteiger partial charge < -0.3 is 20.1 Å². The standard InChI is InChI=1S/C21H27ClN4O4/c1-5-29-17-9-8-16(11-18(17)30-6-2)24-20(27)13-26(4)14(3)21(28)25-19-10-7-15(22)12-23-19/h7-12,14H,5-6,13H2,1-4H3,(H,24,27)(H,23,25,28)/t14-/m1/s1. The molecule has 0 fully saturated rings. The van der Waals surface area contributed by atoms with Crippen LogP contribution in [-0.4, -0.2) is 54.5 Å². The van der Waals surface area contributed by atoms with Crippen LogP contribution in [0.1, 0.15) is 20.8 Å². The van der Waals surface area contributed by atoms with E-state index in [2.05, 4.69) is 15.6 Å². The molecule has 0 bridgehead atoms. The molecule has 0 saturated carbocycles. The predicted octanol–water partition coefficient (Wildman–Crippen LogP) is 3.43. The third kappa shape index (κ3) is 6.89. The Hall–Kier alpha value is -2.84. The number of anilines is 2. The molecule has 8 nitrogen and oxygen atoms in total. The Bertz CT molecular complexity index is 861. The normalized spacial score (nSPS) is 11.7. The van der Waals surface area contributed by atoms with E-state index in [1.807, 2.05) is 13.8 Å². The molecule has 9 heteroatoms. The van der Waals surface area contributed by atoms with Crippen LogP contribution in [0.4, 0.5) is 11.5 Å². The topological polar surface area (TPSA) is 92.8 Å². The highest BCUT2D eigenvalue weighted by molar-refractivity contribution is 6.30. The lowest BCUT2D eigenvalue weighted by atomic mass is 10.2. The molecule has 0 aliphatic rings. The Morgan fingerprint density at radius 3 is 2.43 bits per heavy atom. The summed E-state index contributed by atoms with van der Waals surface area (Å²) in [4.78, 5) is 30.5. The summed E-state index contributed by atoms with van der Waals surface area (Å²) in [5.74, 6) is 1.05. The number of likely N-dealkylation sites (N-methyl/N-ethyl adjacent to an activating group) is 1. The fourth-order valence-electron chi connectivity index (χ4n) is 2.57. The molecule has 30 heavy (non-hydrogen) atoms. The summed E-state index contributed by atoms with van der Waals surface area (Å²) in [6, 6.07) is 7.92. The molecule has 1 aromatic heterocycles. The summed E-state index contributed by atoms with van der Waals surface area (Å²) >= 11 is 5.79. The molecule has 0 aliphatic carbocycles. The lowest BCUT2D eigenvalue weighted by Gasteiger charge is -2.23. The third-order valence-corrected chi connectivity index (χ3v) is 4.46. The zero-order valence-electron chi connectivity index (χ0n) is 17.6. The fraction of sp³-hybridized carbons (Fsp3) is 0.381. The molecule has 1 heterocycles. The van der Waals surface area contributed by atoms with Crippen molar-refractivity contribution in [1.82, 2.24) is 9.88 Å². The van der Waals surface area contributed by atoms with Crippen LogP contribution in [-0.2, 0) is 9.59 Å². The molecule has 2 amide bonds. The number of hydrogen-bond donors (Lipinski definition) is 2. The number of benzene rings is 1. The molecule has 0 radical (unpaired) electrons. The molecule has 162 valence electrons. The Balaban J connectivity index is 1.93. The summed E-state index contributed by atoms with van der Waals surface area (Å²) in [6.07, 6.45) is 1.45. The van der Waals surface area contributed by atoms with Gasteiger partial charge in [-0.1, -0.05) is 11.6 Å². The van der Waals surface area contributed by atoms with Crippen molar-refractivity contribution in [2.45, 2.75) is 26.8 Å². The minimum Gasteiger partial charge on any atom is -0.490 e. The van der Waals surface area contributed by atoms with Crippen molar-refractivity contribution in [1.29, 1.82) is 0 Å². The van der Waals surface area contributed by atoms with Gasteiger partial charge in [-0.05, 0) is 52.1 Å². The maximum atomic E-state index is 12.4. The summed E-state index contributed by atoms with van der Waals surface area (Å²) in [5.41, 5.74) is 0.586. The maximum Gasteiger partial charge on any atom is 0.242 e. The molecule has 2 aromatic rings. The van der Waals surface area contributed by atoms with Crippen molar-refractivity contribution >= 4 is 34.9 Å². The number of nitrogens with one attached hydrogen (secondary N) is 2. The smallest absolute Gasteiger partial charge is 0.242 e. The molecular weight excluding hydrogens is 408 g/mol. The molecule has 0 spiro atoms. The van der Waals surface area contributed by atoms with Gasteiger partial charge in [0.25, 0.3) is 0 Å². The monoisotopic (exact) mass is 434 g/mol. The van der Waals surface area contributed by atoms with Gasteiger partial charge in [-0.3, -0.25) is 14.5 Å². The molecule has 1 atom stereocenters. The van der Waals surface area contributed by atoms with E-state index < -0.39 is 6.04 Å². The van der Waals surface area contributed by atoms with Gasteiger partial charge in [0.05, 0.1) is 30.8 Å². The summed E-state index contributed by atoms with van der Waals surface area (Å²) in [5, 5.41) is 6.00. The van der Waals surface area contributed by atoms with Crippen LogP contribution in [0.2, 0.25) is 5.02 Å². The Morgan fingerprint density at radius 1 is 1.10 bits per heavy atom. The van der Waals surface area contributed by atoms with Crippen LogP contribution in [0.25, 0.3) is 0 Å². The molecular formula is C21H27ClN4O4. The SMILES string of the molecule is CCOc1ccc(NC(=O)CN(C)[C@H](C)C(=O)Nc2ccc(Cl)cn2)cc1OCC. The molecule has 0 saturated heterocycles. The number of carbonyl (C=O) groups is 2. The second-order valence-electron chi connectivity index (χ2n) is 6.52. The van der Waals surface area contributed by atoms with E-state index in [1.165, 1.54) is 6.20 Å². The highest BCUT2D eigenvalue weighted by Crippen LogP contribution is 2.30. The van der Waals surface area contributed by atoms with Crippen LogP contribution in [0.3, 0.4) is 0 Å². The molecule has 2 rings (SSSR count). The van der Waals surface area contributed by atoms with Crippen LogP contribution < -0.4 is 20.1 Å². The number of halogens is 1. The highest BCUT2D eigenvalue weighted by atomic mass is 35.5. The number of nitrogens with zero attached hydrogens (tertiary/aromatic N) is 2. The number of pyridine rings is 1. The molecule has 1 aromatic carbocycles. The first-order valence-electron chi connectivity index (χ1n) is 9.66. The average Bonchev–Trinajstić information content (AvgIpc) is 2.71. The summed E-state index contributed by atoms with van der Waals surface area (Å²) in [7, 11) is 1.70. The van der Waals surface area contributed by atoms with Gasteiger partial charge in [-0.15, -0.1) is 0 Å². The lowest BCUT2D eigenvalue weighted by Crippen LogP contribution is -2.43. The van der Waals surface area contributed by atoms with Gasteiger partial charge in [0.15, 0.2) is 11.5 Å². The predicted molar refractivity (Wildman–Crippen MR) is 117 cm³/mol. The van der Waals surface area contributed by atoms with Gasteiger partial charge in [-0.2, -0.15) is 0 Å². The highest BCUT2D eigenvalue weighted by Gasteiger charge is 2.21. The maximum absolute atomic E-state index is 12.4. The Labute approximate surface area is 181 Å². The Kier molecular flexibility index (Phi) is 8.89. The fourth-order valence-corrected chi connectivity index (χ4v) is 2.69. The molecule has 0 unspecified atom stereocenters. The van der Waals surface area contributed by atoms with E-state index in [1.54, 1.807) is 49.2 Å². The van der Waals surface area contributed by atoms with Crippen LogP contribution in [0.5, 0.6) is 11.5 Å². The second-order valence-corrected chi connectivity index (χ2v) is 6.95. The third-order valence-electron chi connectivity index (χ3n) is 4.24. The van der Waals surface area contributed by atoms with E-state index in [4.69, 9.17) is 21.1 Å². The van der Waals surface area contributed by atoms with Gasteiger partial charge in [0.2, 0.25) is 11.8 Å².